The highest BCUT2D eigenvalue weighted by Gasteiger charge is 2.31. The minimum Gasteiger partial charge on any atom is -0.456 e. The number of carbonyl (C=O) groups is 1. The molecule has 2 heterocycles. The largest absolute Gasteiger partial charge is 0.456 e. The average molecular weight is 407 g/mol. The Labute approximate surface area is 167 Å². The molecule has 2 aromatic rings. The van der Waals surface area contributed by atoms with E-state index in [9.17, 15) is 18.0 Å². The first-order valence-corrected chi connectivity index (χ1v) is 9.70. The van der Waals surface area contributed by atoms with Crippen LogP contribution in [-0.4, -0.2) is 41.1 Å². The first kappa shape index (κ1) is 21.1. The molecule has 1 N–H and O–H groups in total. The number of hydrogen-bond acceptors (Lipinski definition) is 4. The lowest BCUT2D eigenvalue weighted by Crippen LogP contribution is -2.47. The smallest absolute Gasteiger partial charge is 0.389 e. The van der Waals surface area contributed by atoms with E-state index < -0.39 is 18.6 Å². The lowest BCUT2D eigenvalue weighted by Gasteiger charge is -2.34. The molecule has 1 fully saturated rings. The third-order valence-electron chi connectivity index (χ3n) is 4.81. The molecule has 3 rings (SSSR count). The Morgan fingerprint density at radius 1 is 1.17 bits per heavy atom. The van der Waals surface area contributed by atoms with Gasteiger partial charge >= 0.3 is 6.18 Å². The molecule has 0 aliphatic carbocycles. The van der Waals surface area contributed by atoms with Crippen LogP contribution in [-0.2, 0) is 4.79 Å². The SMILES string of the molecule is O=C(Nc1ccc(Oc2cccnc2)cc1)[C@@H]1CCCCN1CCCC(F)(F)F. The van der Waals surface area contributed by atoms with E-state index >= 15 is 0 Å². The van der Waals surface area contributed by atoms with Gasteiger partial charge in [-0.15, -0.1) is 0 Å². The van der Waals surface area contributed by atoms with Gasteiger partial charge in [0.05, 0.1) is 12.2 Å². The molecule has 0 bridgehead atoms. The highest BCUT2D eigenvalue weighted by Crippen LogP contribution is 2.25. The van der Waals surface area contributed by atoms with Crippen LogP contribution in [0, 0.1) is 0 Å². The number of amides is 1. The number of nitrogens with one attached hydrogen (secondary N) is 1. The highest BCUT2D eigenvalue weighted by molar-refractivity contribution is 5.94. The standard InChI is InChI=1S/C21H24F3N3O2/c22-21(23,24)11-4-14-27-13-2-1-6-19(27)20(28)26-16-7-9-17(10-8-16)29-18-5-3-12-25-15-18/h3,5,7-10,12,15,19H,1-2,4,6,11,13-14H2,(H,26,28)/t19-/m0/s1. The number of hydrogen-bond donors (Lipinski definition) is 1. The van der Waals surface area contributed by atoms with E-state index in [1.807, 2.05) is 4.90 Å². The van der Waals surface area contributed by atoms with Crippen LogP contribution in [0.5, 0.6) is 11.5 Å². The molecular weight excluding hydrogens is 383 g/mol. The van der Waals surface area contributed by atoms with Crippen molar-refractivity contribution in [2.75, 3.05) is 18.4 Å². The lowest BCUT2D eigenvalue weighted by molar-refractivity contribution is -0.137. The fourth-order valence-electron chi connectivity index (χ4n) is 3.41. The normalized spacial score (nSPS) is 17.7. The summed E-state index contributed by atoms with van der Waals surface area (Å²) >= 11 is 0. The molecule has 1 aromatic heterocycles. The minimum absolute atomic E-state index is 0.00760. The van der Waals surface area contributed by atoms with Crippen molar-refractivity contribution in [1.29, 1.82) is 0 Å². The molecule has 1 amide bonds. The number of rotatable bonds is 7. The number of pyridine rings is 1. The second kappa shape index (κ2) is 9.73. The van der Waals surface area contributed by atoms with Crippen LogP contribution in [0.25, 0.3) is 0 Å². The fourth-order valence-corrected chi connectivity index (χ4v) is 3.41. The van der Waals surface area contributed by atoms with Gasteiger partial charge in [-0.25, -0.2) is 0 Å². The predicted molar refractivity (Wildman–Crippen MR) is 104 cm³/mol. The van der Waals surface area contributed by atoms with Crippen molar-refractivity contribution in [2.45, 2.75) is 44.3 Å². The zero-order valence-electron chi connectivity index (χ0n) is 16.0. The molecule has 0 unspecified atom stereocenters. The summed E-state index contributed by atoms with van der Waals surface area (Å²) in [6.07, 6.45) is 0.731. The van der Waals surface area contributed by atoms with Gasteiger partial charge in [0.15, 0.2) is 0 Å². The van der Waals surface area contributed by atoms with Crippen molar-refractivity contribution < 1.29 is 22.7 Å². The Morgan fingerprint density at radius 2 is 1.97 bits per heavy atom. The Balaban J connectivity index is 1.54. The van der Waals surface area contributed by atoms with E-state index in [0.717, 1.165) is 12.8 Å². The molecule has 1 aliphatic heterocycles. The van der Waals surface area contributed by atoms with Gasteiger partial charge in [0.25, 0.3) is 0 Å². The zero-order valence-corrected chi connectivity index (χ0v) is 16.0. The molecule has 0 radical (unpaired) electrons. The number of aromatic nitrogens is 1. The Bertz CT molecular complexity index is 782. The van der Waals surface area contributed by atoms with E-state index in [1.165, 1.54) is 0 Å². The maximum absolute atomic E-state index is 12.7. The van der Waals surface area contributed by atoms with Gasteiger partial charge in [-0.3, -0.25) is 14.7 Å². The first-order chi connectivity index (χ1) is 13.9. The summed E-state index contributed by atoms with van der Waals surface area (Å²) in [5, 5.41) is 2.87. The van der Waals surface area contributed by atoms with Crippen molar-refractivity contribution in [3.8, 4) is 11.5 Å². The van der Waals surface area contributed by atoms with Crippen LogP contribution in [0.4, 0.5) is 18.9 Å². The molecule has 5 nitrogen and oxygen atoms in total. The number of piperidine rings is 1. The van der Waals surface area contributed by atoms with Gasteiger partial charge in [-0.05, 0) is 68.8 Å². The second-order valence-corrected chi connectivity index (χ2v) is 7.07. The number of likely N-dealkylation sites (tertiary alicyclic amines) is 1. The predicted octanol–water partition coefficient (Wildman–Crippen LogP) is 5.01. The van der Waals surface area contributed by atoms with Gasteiger partial charge in [0.2, 0.25) is 5.91 Å². The van der Waals surface area contributed by atoms with E-state index in [1.54, 1.807) is 48.8 Å². The Hall–Kier alpha value is -2.61. The third kappa shape index (κ3) is 6.74. The molecule has 156 valence electrons. The lowest BCUT2D eigenvalue weighted by atomic mass is 10.0. The van der Waals surface area contributed by atoms with Gasteiger partial charge in [0.1, 0.15) is 11.5 Å². The Kier molecular flexibility index (Phi) is 7.09. The van der Waals surface area contributed by atoms with Crippen molar-refractivity contribution >= 4 is 11.6 Å². The number of halogens is 3. The Morgan fingerprint density at radius 3 is 2.66 bits per heavy atom. The number of carbonyl (C=O) groups excluding carboxylic acids is 1. The number of nitrogens with zero attached hydrogens (tertiary/aromatic N) is 2. The number of alkyl halides is 3. The topological polar surface area (TPSA) is 54.5 Å². The van der Waals surface area contributed by atoms with Crippen molar-refractivity contribution in [3.05, 3.63) is 48.8 Å². The zero-order chi connectivity index (χ0) is 20.7. The summed E-state index contributed by atoms with van der Waals surface area (Å²) in [5.41, 5.74) is 0.620. The maximum atomic E-state index is 12.7. The van der Waals surface area contributed by atoms with Crippen LogP contribution in [0.15, 0.2) is 48.8 Å². The van der Waals surface area contributed by atoms with Crippen LogP contribution < -0.4 is 10.1 Å². The van der Waals surface area contributed by atoms with E-state index in [4.69, 9.17) is 4.74 Å². The summed E-state index contributed by atoms with van der Waals surface area (Å²) in [6.45, 7) is 0.920. The number of benzene rings is 1. The van der Waals surface area contributed by atoms with E-state index in [0.29, 0.717) is 30.2 Å². The third-order valence-corrected chi connectivity index (χ3v) is 4.81. The summed E-state index contributed by atoms with van der Waals surface area (Å²) in [4.78, 5) is 18.5. The monoisotopic (exact) mass is 407 g/mol. The molecule has 8 heteroatoms. The maximum Gasteiger partial charge on any atom is 0.389 e. The van der Waals surface area contributed by atoms with Gasteiger partial charge in [-0.2, -0.15) is 13.2 Å². The molecule has 1 atom stereocenters. The summed E-state index contributed by atoms with van der Waals surface area (Å²) in [7, 11) is 0. The number of anilines is 1. The quantitative estimate of drug-likeness (QED) is 0.701. The molecule has 1 aromatic carbocycles. The summed E-state index contributed by atoms with van der Waals surface area (Å²) in [6, 6.07) is 10.1. The van der Waals surface area contributed by atoms with Gasteiger partial charge in [-0.1, -0.05) is 6.42 Å². The second-order valence-electron chi connectivity index (χ2n) is 7.07. The van der Waals surface area contributed by atoms with E-state index in [2.05, 4.69) is 10.3 Å². The molecular formula is C21H24F3N3O2. The van der Waals surface area contributed by atoms with Crippen LogP contribution >= 0.6 is 0 Å². The first-order valence-electron chi connectivity index (χ1n) is 9.70. The van der Waals surface area contributed by atoms with Crippen LogP contribution in [0.1, 0.15) is 32.1 Å². The minimum atomic E-state index is -4.16. The summed E-state index contributed by atoms with van der Waals surface area (Å²) in [5.74, 6) is 1.04. The van der Waals surface area contributed by atoms with Crippen molar-refractivity contribution in [1.82, 2.24) is 9.88 Å². The summed E-state index contributed by atoms with van der Waals surface area (Å²) < 4.78 is 42.9. The molecule has 29 heavy (non-hydrogen) atoms. The van der Waals surface area contributed by atoms with Crippen LogP contribution in [0.2, 0.25) is 0 Å². The number of ether oxygens (including phenoxy) is 1. The van der Waals surface area contributed by atoms with Crippen LogP contribution in [0.3, 0.4) is 0 Å². The molecule has 0 spiro atoms. The average Bonchev–Trinajstić information content (AvgIpc) is 2.70. The van der Waals surface area contributed by atoms with E-state index in [-0.39, 0.29) is 18.9 Å². The molecule has 0 saturated carbocycles. The van der Waals surface area contributed by atoms with Crippen molar-refractivity contribution in [3.63, 3.8) is 0 Å². The highest BCUT2D eigenvalue weighted by atomic mass is 19.4. The molecule has 1 saturated heterocycles. The van der Waals surface area contributed by atoms with Gasteiger partial charge in [0, 0.05) is 18.3 Å². The molecule has 1 aliphatic rings. The van der Waals surface area contributed by atoms with Crippen molar-refractivity contribution in [2.24, 2.45) is 0 Å². The fraction of sp³-hybridized carbons (Fsp3) is 0.429. The van der Waals surface area contributed by atoms with Gasteiger partial charge < -0.3 is 10.1 Å².